The van der Waals surface area contributed by atoms with Gasteiger partial charge >= 0.3 is 0 Å². The van der Waals surface area contributed by atoms with Crippen LogP contribution in [0.25, 0.3) is 16.9 Å². The number of aryl methyl sites for hydroxylation is 1. The largest absolute Gasteiger partial charge is 0.438 e. The Kier molecular flexibility index (Phi) is 7.27. The van der Waals surface area contributed by atoms with Crippen LogP contribution in [0, 0.1) is 6.92 Å². The minimum atomic E-state index is -0.926. The molecule has 0 bridgehead atoms. The number of aliphatic hydroxyl groups is 1. The van der Waals surface area contributed by atoms with Crippen molar-refractivity contribution in [3.05, 3.63) is 65.9 Å². The maximum absolute atomic E-state index is 12.7. The van der Waals surface area contributed by atoms with Crippen LogP contribution in [0.15, 0.2) is 54.7 Å². The maximum Gasteiger partial charge on any atom is 0.251 e. The zero-order chi connectivity index (χ0) is 28.6. The summed E-state index contributed by atoms with van der Waals surface area (Å²) in [5.74, 6) is 1.03. The first-order valence-corrected chi connectivity index (χ1v) is 14.2. The second kappa shape index (κ2) is 11.0. The highest BCUT2D eigenvalue weighted by atomic mass is 16.5. The number of ether oxygens (including phenoxy) is 1. The van der Waals surface area contributed by atoms with Crippen molar-refractivity contribution in [3.8, 4) is 22.9 Å². The molecule has 2 aliphatic rings. The van der Waals surface area contributed by atoms with Gasteiger partial charge in [-0.05, 0) is 75.6 Å². The van der Waals surface area contributed by atoms with E-state index in [0.717, 1.165) is 61.5 Å². The van der Waals surface area contributed by atoms with Crippen molar-refractivity contribution in [1.29, 1.82) is 0 Å². The van der Waals surface area contributed by atoms with Crippen molar-refractivity contribution >= 4 is 22.9 Å². The Morgan fingerprint density at radius 3 is 2.56 bits per heavy atom. The second-order valence-corrected chi connectivity index (χ2v) is 11.6. The molecule has 4 aromatic rings. The van der Waals surface area contributed by atoms with E-state index >= 15 is 0 Å². The van der Waals surface area contributed by atoms with E-state index in [4.69, 9.17) is 9.84 Å². The molecule has 1 saturated carbocycles. The second-order valence-electron chi connectivity index (χ2n) is 11.6. The summed E-state index contributed by atoms with van der Waals surface area (Å²) in [6.45, 7) is 9.66. The van der Waals surface area contributed by atoms with Crippen LogP contribution in [0.2, 0.25) is 0 Å². The highest BCUT2D eigenvalue weighted by Gasteiger charge is 2.25. The number of aromatic nitrogens is 3. The van der Waals surface area contributed by atoms with Gasteiger partial charge in [0.25, 0.3) is 5.91 Å². The molecule has 1 aliphatic carbocycles. The Bertz CT molecular complexity index is 1550. The predicted octanol–water partition coefficient (Wildman–Crippen LogP) is 3.98. The van der Waals surface area contributed by atoms with Gasteiger partial charge in [0.05, 0.1) is 23.2 Å². The highest BCUT2D eigenvalue weighted by molar-refractivity contribution is 5.96. The molecule has 6 rings (SSSR count). The number of imidazole rings is 1. The number of piperazine rings is 1. The van der Waals surface area contributed by atoms with Crippen molar-refractivity contribution in [2.45, 2.75) is 45.3 Å². The Morgan fingerprint density at radius 1 is 1.12 bits per heavy atom. The first-order chi connectivity index (χ1) is 19.7. The third-order valence-electron chi connectivity index (χ3n) is 7.38. The summed E-state index contributed by atoms with van der Waals surface area (Å²) in [5.41, 5.74) is 4.74. The average Bonchev–Trinajstić information content (AvgIpc) is 3.67. The van der Waals surface area contributed by atoms with Crippen LogP contribution >= 0.6 is 0 Å². The van der Waals surface area contributed by atoms with E-state index in [1.54, 1.807) is 30.6 Å². The molecular formula is C31H37N7O3. The fourth-order valence-corrected chi connectivity index (χ4v) is 4.97. The van der Waals surface area contributed by atoms with E-state index in [1.807, 2.05) is 37.3 Å². The molecule has 0 atom stereocenters. The number of carbonyl (C=O) groups excluding carboxylic acids is 1. The number of hydrogen-bond acceptors (Lipinski definition) is 8. The van der Waals surface area contributed by atoms with Crippen molar-refractivity contribution in [2.75, 3.05) is 42.9 Å². The predicted molar refractivity (Wildman–Crippen MR) is 160 cm³/mol. The third kappa shape index (κ3) is 6.28. The van der Waals surface area contributed by atoms with Gasteiger partial charge in [0, 0.05) is 61.6 Å². The molecule has 3 heterocycles. The summed E-state index contributed by atoms with van der Waals surface area (Å²) in [4.78, 5) is 19.7. The number of amides is 1. The summed E-state index contributed by atoms with van der Waals surface area (Å²) in [5, 5.41) is 24.9. The molecule has 41 heavy (non-hydrogen) atoms. The van der Waals surface area contributed by atoms with E-state index in [0.29, 0.717) is 41.1 Å². The van der Waals surface area contributed by atoms with E-state index in [1.165, 1.54) is 0 Å². The molecule has 2 aromatic carbocycles. The fraction of sp³-hybridized carbons (Fsp3) is 0.387. The number of rotatable bonds is 9. The van der Waals surface area contributed by atoms with Gasteiger partial charge in [-0.3, -0.25) is 4.79 Å². The lowest BCUT2D eigenvalue weighted by Gasteiger charge is -2.29. The Hall–Kier alpha value is -4.15. The lowest BCUT2D eigenvalue weighted by atomic mass is 10.0. The Balaban J connectivity index is 1.31. The number of fused-ring (bicyclic) bond motifs is 1. The molecule has 1 amide bonds. The smallest absolute Gasteiger partial charge is 0.251 e. The summed E-state index contributed by atoms with van der Waals surface area (Å²) in [7, 11) is 0. The van der Waals surface area contributed by atoms with E-state index in [9.17, 15) is 9.90 Å². The quantitative estimate of drug-likeness (QED) is 0.245. The first kappa shape index (κ1) is 27.0. The minimum Gasteiger partial charge on any atom is -0.438 e. The van der Waals surface area contributed by atoms with Crippen molar-refractivity contribution < 1.29 is 14.6 Å². The summed E-state index contributed by atoms with van der Waals surface area (Å²) in [6, 6.07) is 15.9. The minimum absolute atomic E-state index is 0.0374. The fourth-order valence-electron chi connectivity index (χ4n) is 4.97. The Morgan fingerprint density at radius 2 is 1.88 bits per heavy atom. The van der Waals surface area contributed by atoms with Gasteiger partial charge in [0.15, 0.2) is 5.65 Å². The molecule has 0 radical (unpaired) electrons. The molecule has 0 spiro atoms. The molecule has 1 saturated heterocycles. The van der Waals surface area contributed by atoms with Crippen molar-refractivity contribution in [1.82, 2.24) is 25.2 Å². The molecular weight excluding hydrogens is 518 g/mol. The molecule has 214 valence electrons. The Labute approximate surface area is 239 Å². The summed E-state index contributed by atoms with van der Waals surface area (Å²) < 4.78 is 7.98. The zero-order valence-corrected chi connectivity index (χ0v) is 23.8. The van der Waals surface area contributed by atoms with E-state index in [-0.39, 0.29) is 5.91 Å². The maximum atomic E-state index is 12.7. The molecule has 2 fully saturated rings. The molecule has 4 N–H and O–H groups in total. The van der Waals surface area contributed by atoms with Crippen LogP contribution in [-0.2, 0) is 0 Å². The molecule has 2 aromatic heterocycles. The molecule has 0 unspecified atom stereocenters. The van der Waals surface area contributed by atoms with Gasteiger partial charge in [-0.1, -0.05) is 6.07 Å². The van der Waals surface area contributed by atoms with E-state index < -0.39 is 5.60 Å². The first-order valence-electron chi connectivity index (χ1n) is 14.2. The van der Waals surface area contributed by atoms with Crippen molar-refractivity contribution in [2.24, 2.45) is 0 Å². The molecule has 10 heteroatoms. The lowest BCUT2D eigenvalue weighted by Crippen LogP contribution is -2.43. The number of nitrogens with one attached hydrogen (secondary N) is 3. The number of benzene rings is 2. The normalized spacial score (nSPS) is 15.7. The molecule has 10 nitrogen and oxygen atoms in total. The van der Waals surface area contributed by atoms with Gasteiger partial charge in [0.2, 0.25) is 5.88 Å². The van der Waals surface area contributed by atoms with Gasteiger partial charge < -0.3 is 30.7 Å². The molecule has 1 aliphatic heterocycles. The van der Waals surface area contributed by atoms with Crippen LogP contribution in [0.3, 0.4) is 0 Å². The zero-order valence-electron chi connectivity index (χ0n) is 23.8. The van der Waals surface area contributed by atoms with Crippen LogP contribution in [-0.4, -0.2) is 70.0 Å². The van der Waals surface area contributed by atoms with Crippen LogP contribution in [0.1, 0.15) is 42.6 Å². The number of nitrogens with zero attached hydrogens (tertiary/aromatic N) is 4. The number of anilines is 2. The topological polar surface area (TPSA) is 116 Å². The van der Waals surface area contributed by atoms with Crippen LogP contribution < -0.4 is 25.6 Å². The summed E-state index contributed by atoms with van der Waals surface area (Å²) >= 11 is 0. The van der Waals surface area contributed by atoms with Gasteiger partial charge in [0.1, 0.15) is 5.75 Å². The van der Waals surface area contributed by atoms with Gasteiger partial charge in [-0.25, -0.2) is 9.50 Å². The average molecular weight is 556 g/mol. The summed E-state index contributed by atoms with van der Waals surface area (Å²) in [6.07, 6.45) is 3.86. The SMILES string of the molecule is Cc1cc(-c2cnc3c(NCC(C)(C)O)cc(Oc4ccc(N5CCNCC5)cc4)nn23)ccc1C(=O)NC1CC1. The lowest BCUT2D eigenvalue weighted by molar-refractivity contribution is 0.0940. The van der Waals surface area contributed by atoms with Gasteiger partial charge in [-0.2, -0.15) is 0 Å². The monoisotopic (exact) mass is 555 g/mol. The van der Waals surface area contributed by atoms with Gasteiger partial charge in [-0.15, -0.1) is 5.10 Å². The van der Waals surface area contributed by atoms with Crippen molar-refractivity contribution in [3.63, 3.8) is 0 Å². The highest BCUT2D eigenvalue weighted by Crippen LogP contribution is 2.31. The standard InChI is InChI=1S/C31H37N7O3/c1-20-16-21(4-11-25(20)30(39)35-22-5-6-22)27-18-33-29-26(34-19-31(2,3)40)17-28(36-38(27)29)41-24-9-7-23(8-10-24)37-14-12-32-13-15-37/h4,7-11,16-18,22,32,34,40H,5-6,12-15,19H2,1-3H3,(H,35,39). The number of carbonyl (C=O) groups is 1. The third-order valence-corrected chi connectivity index (χ3v) is 7.38. The van der Waals surface area contributed by atoms with E-state index in [2.05, 4.69) is 38.0 Å². The number of hydrogen-bond donors (Lipinski definition) is 4. The van der Waals surface area contributed by atoms with Crippen LogP contribution in [0.4, 0.5) is 11.4 Å². The van der Waals surface area contributed by atoms with Crippen LogP contribution in [0.5, 0.6) is 11.6 Å².